The van der Waals surface area contributed by atoms with Gasteiger partial charge in [0.25, 0.3) is 0 Å². The van der Waals surface area contributed by atoms with Crippen molar-refractivity contribution in [2.75, 3.05) is 0 Å². The Labute approximate surface area is 122 Å². The highest BCUT2D eigenvalue weighted by atomic mass is 32.2. The fourth-order valence-corrected chi connectivity index (χ4v) is 3.86. The van der Waals surface area contributed by atoms with E-state index in [4.69, 9.17) is 0 Å². The minimum atomic E-state index is -1.05. The van der Waals surface area contributed by atoms with E-state index in [1.807, 2.05) is 45.0 Å². The highest BCUT2D eigenvalue weighted by Crippen LogP contribution is 2.34. The largest absolute Gasteiger partial charge is 0.254 e. The Kier molecular flexibility index (Phi) is 3.14. The Bertz CT molecular complexity index is 758. The second kappa shape index (κ2) is 4.71. The first-order valence-corrected chi connectivity index (χ1v) is 7.96. The summed E-state index contributed by atoms with van der Waals surface area (Å²) in [5.74, 6) is 0. The van der Waals surface area contributed by atoms with Gasteiger partial charge in [-0.1, -0.05) is 48.5 Å². The molecule has 20 heavy (non-hydrogen) atoms. The van der Waals surface area contributed by atoms with Crippen LogP contribution in [-0.2, 0) is 10.8 Å². The summed E-state index contributed by atoms with van der Waals surface area (Å²) in [5.41, 5.74) is 0. The zero-order valence-corrected chi connectivity index (χ0v) is 12.8. The van der Waals surface area contributed by atoms with Crippen molar-refractivity contribution in [3.05, 3.63) is 54.6 Å². The van der Waals surface area contributed by atoms with Gasteiger partial charge in [-0.2, -0.15) is 0 Å². The average molecular weight is 282 g/mol. The fourth-order valence-electron chi connectivity index (χ4n) is 2.48. The van der Waals surface area contributed by atoms with Crippen molar-refractivity contribution in [3.8, 4) is 0 Å². The molecular formula is C18H18OS. The molecule has 1 atom stereocenters. The van der Waals surface area contributed by atoms with E-state index in [2.05, 4.69) is 30.3 Å². The van der Waals surface area contributed by atoms with Crippen LogP contribution in [0.5, 0.6) is 0 Å². The van der Waals surface area contributed by atoms with Crippen LogP contribution in [0.1, 0.15) is 20.8 Å². The molecular weight excluding hydrogens is 264 g/mol. The van der Waals surface area contributed by atoms with Gasteiger partial charge in [0.05, 0.1) is 15.7 Å². The highest BCUT2D eigenvalue weighted by molar-refractivity contribution is 7.86. The van der Waals surface area contributed by atoms with Crippen molar-refractivity contribution in [1.82, 2.24) is 0 Å². The fraction of sp³-hybridized carbons (Fsp3) is 0.222. The standard InChI is InChI=1S/C18H18OS/c1-18(2,3)20(19)17-15-10-6-4-8-13(15)12-14-9-5-7-11-16(14)17/h4-12H,1-3H3. The van der Waals surface area contributed by atoms with Gasteiger partial charge in [0.2, 0.25) is 0 Å². The molecule has 3 aromatic carbocycles. The predicted molar refractivity (Wildman–Crippen MR) is 87.6 cm³/mol. The van der Waals surface area contributed by atoms with E-state index < -0.39 is 10.8 Å². The first kappa shape index (κ1) is 13.3. The van der Waals surface area contributed by atoms with Crippen LogP contribution in [0, 0.1) is 0 Å². The molecule has 0 spiro atoms. The molecule has 0 saturated heterocycles. The summed E-state index contributed by atoms with van der Waals surface area (Å²) in [7, 11) is -1.05. The summed E-state index contributed by atoms with van der Waals surface area (Å²) in [6.45, 7) is 6.08. The van der Waals surface area contributed by atoms with Crippen molar-refractivity contribution in [2.24, 2.45) is 0 Å². The van der Waals surface area contributed by atoms with Crippen molar-refractivity contribution >= 4 is 32.3 Å². The third-order valence-electron chi connectivity index (χ3n) is 3.46. The molecule has 2 heteroatoms. The summed E-state index contributed by atoms with van der Waals surface area (Å²) in [6, 6.07) is 18.6. The molecule has 102 valence electrons. The van der Waals surface area contributed by atoms with Crippen molar-refractivity contribution in [1.29, 1.82) is 0 Å². The predicted octanol–water partition coefficient (Wildman–Crippen LogP) is 4.90. The van der Waals surface area contributed by atoms with E-state index in [-0.39, 0.29) is 4.75 Å². The molecule has 0 N–H and O–H groups in total. The monoisotopic (exact) mass is 282 g/mol. The van der Waals surface area contributed by atoms with E-state index in [1.54, 1.807) is 0 Å². The lowest BCUT2D eigenvalue weighted by molar-refractivity contribution is 0.650. The van der Waals surface area contributed by atoms with Crippen molar-refractivity contribution in [2.45, 2.75) is 30.4 Å². The quantitative estimate of drug-likeness (QED) is 0.580. The Morgan fingerprint density at radius 3 is 1.70 bits per heavy atom. The Morgan fingerprint density at radius 2 is 1.25 bits per heavy atom. The lowest BCUT2D eigenvalue weighted by Gasteiger charge is -2.21. The molecule has 0 aliphatic rings. The van der Waals surface area contributed by atoms with Gasteiger partial charge in [0, 0.05) is 4.75 Å². The Morgan fingerprint density at radius 1 is 0.800 bits per heavy atom. The van der Waals surface area contributed by atoms with E-state index >= 15 is 0 Å². The van der Waals surface area contributed by atoms with E-state index in [1.165, 1.54) is 0 Å². The molecule has 0 aliphatic heterocycles. The maximum Gasteiger partial charge on any atom is 0.0596 e. The van der Waals surface area contributed by atoms with Gasteiger partial charge >= 0.3 is 0 Å². The first-order chi connectivity index (χ1) is 9.48. The third-order valence-corrected chi connectivity index (χ3v) is 5.39. The van der Waals surface area contributed by atoms with E-state index in [9.17, 15) is 4.21 Å². The molecule has 0 aliphatic carbocycles. The normalized spacial score (nSPS) is 13.8. The highest BCUT2D eigenvalue weighted by Gasteiger charge is 2.24. The summed E-state index contributed by atoms with van der Waals surface area (Å²) < 4.78 is 12.7. The molecule has 0 saturated carbocycles. The number of benzene rings is 3. The lowest BCUT2D eigenvalue weighted by atomic mass is 10.0. The smallest absolute Gasteiger partial charge is 0.0596 e. The number of hydrogen-bond acceptors (Lipinski definition) is 1. The maximum atomic E-state index is 13.0. The Balaban J connectivity index is 2.49. The molecule has 0 fully saturated rings. The van der Waals surface area contributed by atoms with Crippen LogP contribution in [0.3, 0.4) is 0 Å². The first-order valence-electron chi connectivity index (χ1n) is 6.81. The molecule has 0 amide bonds. The molecule has 0 bridgehead atoms. The van der Waals surface area contributed by atoms with Gasteiger partial charge < -0.3 is 0 Å². The molecule has 0 radical (unpaired) electrons. The summed E-state index contributed by atoms with van der Waals surface area (Å²) >= 11 is 0. The molecule has 1 nitrogen and oxygen atoms in total. The Hall–Kier alpha value is -1.67. The van der Waals surface area contributed by atoms with Crippen LogP contribution in [0.25, 0.3) is 21.5 Å². The van der Waals surface area contributed by atoms with Gasteiger partial charge in [-0.15, -0.1) is 0 Å². The van der Waals surface area contributed by atoms with Gasteiger partial charge in [0.1, 0.15) is 0 Å². The van der Waals surface area contributed by atoms with Crippen LogP contribution in [0.4, 0.5) is 0 Å². The third kappa shape index (κ3) is 2.14. The van der Waals surface area contributed by atoms with Crippen molar-refractivity contribution in [3.63, 3.8) is 0 Å². The number of fused-ring (bicyclic) bond motifs is 2. The second-order valence-corrected chi connectivity index (χ2v) is 8.20. The van der Waals surface area contributed by atoms with E-state index in [0.29, 0.717) is 0 Å². The SMILES string of the molecule is CC(C)(C)S(=O)c1c2ccccc2cc2ccccc12. The molecule has 3 aromatic rings. The molecule has 1 unspecified atom stereocenters. The van der Waals surface area contributed by atoms with Gasteiger partial charge in [0.15, 0.2) is 0 Å². The van der Waals surface area contributed by atoms with Gasteiger partial charge in [-0.25, -0.2) is 0 Å². The van der Waals surface area contributed by atoms with E-state index in [0.717, 1.165) is 26.4 Å². The summed E-state index contributed by atoms with van der Waals surface area (Å²) in [4.78, 5) is 0.964. The summed E-state index contributed by atoms with van der Waals surface area (Å²) in [6.07, 6.45) is 0. The maximum absolute atomic E-state index is 13.0. The zero-order valence-electron chi connectivity index (χ0n) is 12.0. The second-order valence-electron chi connectivity index (χ2n) is 6.03. The number of rotatable bonds is 1. The number of hydrogen-bond donors (Lipinski definition) is 0. The average Bonchev–Trinajstić information content (AvgIpc) is 2.43. The van der Waals surface area contributed by atoms with Gasteiger partial charge in [-0.05, 0) is 48.4 Å². The van der Waals surface area contributed by atoms with Crippen molar-refractivity contribution < 1.29 is 4.21 Å². The zero-order chi connectivity index (χ0) is 14.3. The van der Waals surface area contributed by atoms with Crippen LogP contribution >= 0.6 is 0 Å². The summed E-state index contributed by atoms with van der Waals surface area (Å²) in [5, 5.41) is 4.50. The topological polar surface area (TPSA) is 17.1 Å². The molecule has 0 heterocycles. The lowest BCUT2D eigenvalue weighted by Crippen LogP contribution is -2.22. The minimum Gasteiger partial charge on any atom is -0.254 e. The van der Waals surface area contributed by atoms with Gasteiger partial charge in [-0.3, -0.25) is 4.21 Å². The van der Waals surface area contributed by atoms with Crippen LogP contribution < -0.4 is 0 Å². The minimum absolute atomic E-state index is 0.271. The molecule has 3 rings (SSSR count). The molecule has 0 aromatic heterocycles. The van der Waals surface area contributed by atoms with Crippen LogP contribution in [0.2, 0.25) is 0 Å². The van der Waals surface area contributed by atoms with Crippen LogP contribution in [-0.4, -0.2) is 8.96 Å². The van der Waals surface area contributed by atoms with Crippen LogP contribution in [0.15, 0.2) is 59.5 Å².